The Balaban J connectivity index is 1.58. The highest BCUT2D eigenvalue weighted by Crippen LogP contribution is 2.36. The summed E-state index contributed by atoms with van der Waals surface area (Å²) >= 11 is 0. The van der Waals surface area contributed by atoms with Gasteiger partial charge in [0.1, 0.15) is 17.9 Å². The van der Waals surface area contributed by atoms with Crippen molar-refractivity contribution in [3.63, 3.8) is 0 Å². The highest BCUT2D eigenvalue weighted by molar-refractivity contribution is 6.74. The van der Waals surface area contributed by atoms with Crippen molar-refractivity contribution >= 4 is 25.3 Å². The van der Waals surface area contributed by atoms with Crippen molar-refractivity contribution in [2.75, 3.05) is 26.3 Å². The third kappa shape index (κ3) is 5.91. The van der Waals surface area contributed by atoms with Crippen molar-refractivity contribution in [3.8, 4) is 5.75 Å². The highest BCUT2D eigenvalue weighted by Gasteiger charge is 2.37. The third-order valence-corrected chi connectivity index (χ3v) is 11.4. The number of benzene rings is 1. The summed E-state index contributed by atoms with van der Waals surface area (Å²) in [5.74, 6) is 0.846. The zero-order valence-corrected chi connectivity index (χ0v) is 21.7. The summed E-state index contributed by atoms with van der Waals surface area (Å²) in [6.07, 6.45) is 1.93. The number of carbonyl (C=O) groups excluding carboxylic acids is 1. The van der Waals surface area contributed by atoms with Gasteiger partial charge in [-0.15, -0.1) is 0 Å². The van der Waals surface area contributed by atoms with Gasteiger partial charge >= 0.3 is 0 Å². The fraction of sp³-hybridized carbons (Fsp3) is 0.667. The first-order valence-electron chi connectivity index (χ1n) is 11.8. The Morgan fingerprint density at radius 1 is 1.25 bits per heavy atom. The predicted octanol–water partition coefficient (Wildman–Crippen LogP) is 4.57. The number of H-pyrrole nitrogens is 1. The molecule has 2 aromatic rings. The van der Waals surface area contributed by atoms with Crippen molar-refractivity contribution in [2.24, 2.45) is 0 Å². The van der Waals surface area contributed by atoms with Gasteiger partial charge in [-0.1, -0.05) is 26.8 Å². The van der Waals surface area contributed by atoms with Gasteiger partial charge in [-0.2, -0.15) is 0 Å². The Kier molecular flexibility index (Phi) is 7.67. The summed E-state index contributed by atoms with van der Waals surface area (Å²) in [5, 5.41) is 3.31. The molecule has 1 fully saturated rings. The molecule has 0 aliphatic carbocycles. The van der Waals surface area contributed by atoms with Crippen LogP contribution in [0, 0.1) is 0 Å². The molecule has 1 aromatic carbocycles. The lowest BCUT2D eigenvalue weighted by molar-refractivity contribution is 0.0891. The van der Waals surface area contributed by atoms with Crippen molar-refractivity contribution in [2.45, 2.75) is 77.7 Å². The first kappa shape index (κ1) is 24.7. The molecule has 1 amide bonds. The van der Waals surface area contributed by atoms with Crippen LogP contribution in [0.3, 0.4) is 0 Å². The summed E-state index contributed by atoms with van der Waals surface area (Å²) in [6.45, 7) is 18.6. The molecule has 0 radical (unpaired) electrons. The molecule has 0 saturated carbocycles. The summed E-state index contributed by atoms with van der Waals surface area (Å²) in [6, 6.07) is 6.45. The van der Waals surface area contributed by atoms with Crippen LogP contribution >= 0.6 is 0 Å². The molecule has 0 atom stereocenters. The van der Waals surface area contributed by atoms with Gasteiger partial charge < -0.3 is 24.4 Å². The number of para-hydroxylation sites is 1. The second-order valence-corrected chi connectivity index (χ2v) is 15.4. The number of piperidine rings is 1. The number of nitrogens with zero attached hydrogens (tertiary/aromatic N) is 2. The monoisotopic (exact) mass is 460 g/mol. The maximum atomic E-state index is 12.8. The Labute approximate surface area is 193 Å². The van der Waals surface area contributed by atoms with Crippen molar-refractivity contribution in [1.82, 2.24) is 20.2 Å². The number of aromatic nitrogens is 2. The Hall–Kier alpha value is -1.90. The van der Waals surface area contributed by atoms with E-state index < -0.39 is 8.32 Å². The van der Waals surface area contributed by atoms with E-state index in [2.05, 4.69) is 67.9 Å². The Morgan fingerprint density at radius 3 is 2.56 bits per heavy atom. The van der Waals surface area contributed by atoms with E-state index in [0.717, 1.165) is 31.4 Å². The van der Waals surface area contributed by atoms with Crippen LogP contribution in [0.15, 0.2) is 18.2 Å². The number of nitrogens with one attached hydrogen (secondary N) is 2. The minimum absolute atomic E-state index is 0.156. The maximum Gasteiger partial charge on any atom is 0.287 e. The van der Waals surface area contributed by atoms with Crippen LogP contribution in [0.25, 0.3) is 11.0 Å². The van der Waals surface area contributed by atoms with E-state index in [-0.39, 0.29) is 17.0 Å². The topological polar surface area (TPSA) is 79.5 Å². The normalized spacial score (nSPS) is 16.6. The molecule has 32 heavy (non-hydrogen) atoms. The zero-order chi connectivity index (χ0) is 23.5. The summed E-state index contributed by atoms with van der Waals surface area (Å²) in [5.41, 5.74) is 1.48. The summed E-state index contributed by atoms with van der Waals surface area (Å²) < 4.78 is 12.2. The number of likely N-dealkylation sites (tertiary alicyclic amines) is 1. The predicted molar refractivity (Wildman–Crippen MR) is 132 cm³/mol. The second kappa shape index (κ2) is 9.93. The van der Waals surface area contributed by atoms with Crippen molar-refractivity contribution in [3.05, 3.63) is 24.0 Å². The summed E-state index contributed by atoms with van der Waals surface area (Å²) in [4.78, 5) is 22.9. The third-order valence-electron chi connectivity index (χ3n) is 6.90. The fourth-order valence-corrected chi connectivity index (χ4v) is 4.74. The van der Waals surface area contributed by atoms with Crippen LogP contribution in [0.4, 0.5) is 0 Å². The molecular formula is C24H40N4O3Si. The maximum absolute atomic E-state index is 12.8. The standard InChI is InChI=1S/C24H40N4O3Si/c1-17(2)28-13-11-18(12-14-28)25-23(29)22-26-19-9-8-10-20(21(19)27-22)30-15-16-31-32(6,7)24(3,4)5/h8-10,17-18H,11-16H2,1-7H3,(H,25,29)(H,26,27). The van der Waals surface area contributed by atoms with Gasteiger partial charge in [-0.05, 0) is 57.0 Å². The molecular weight excluding hydrogens is 420 g/mol. The lowest BCUT2D eigenvalue weighted by atomic mass is 10.0. The van der Waals surface area contributed by atoms with Crippen molar-refractivity contribution in [1.29, 1.82) is 0 Å². The van der Waals surface area contributed by atoms with Crippen LogP contribution in [-0.4, -0.2) is 67.5 Å². The molecule has 3 rings (SSSR count). The van der Waals surface area contributed by atoms with E-state index >= 15 is 0 Å². The number of carbonyl (C=O) groups is 1. The van der Waals surface area contributed by atoms with Crippen LogP contribution < -0.4 is 10.1 Å². The molecule has 2 N–H and O–H groups in total. The molecule has 1 saturated heterocycles. The molecule has 1 aromatic heterocycles. The van der Waals surface area contributed by atoms with Gasteiger partial charge in [0, 0.05) is 25.2 Å². The van der Waals surface area contributed by atoms with E-state index in [1.54, 1.807) is 0 Å². The number of fused-ring (bicyclic) bond motifs is 1. The number of hydrogen-bond acceptors (Lipinski definition) is 5. The summed E-state index contributed by atoms with van der Waals surface area (Å²) in [7, 11) is -1.80. The number of hydrogen-bond donors (Lipinski definition) is 2. The molecule has 0 unspecified atom stereocenters. The minimum atomic E-state index is -1.80. The first-order chi connectivity index (χ1) is 15.0. The van der Waals surface area contributed by atoms with E-state index in [1.807, 2.05) is 18.2 Å². The molecule has 1 aliphatic heterocycles. The van der Waals surface area contributed by atoms with Gasteiger partial charge in [0.2, 0.25) is 0 Å². The number of imidazole rings is 1. The quantitative estimate of drug-likeness (QED) is 0.446. The lowest BCUT2D eigenvalue weighted by Crippen LogP contribution is -2.46. The average Bonchev–Trinajstić information content (AvgIpc) is 3.16. The Bertz CT molecular complexity index is 912. The molecule has 2 heterocycles. The van der Waals surface area contributed by atoms with Gasteiger partial charge in [-0.25, -0.2) is 4.98 Å². The van der Waals surface area contributed by atoms with Crippen molar-refractivity contribution < 1.29 is 14.0 Å². The second-order valence-electron chi connectivity index (χ2n) is 10.6. The van der Waals surface area contributed by atoms with Crippen LogP contribution in [0.2, 0.25) is 18.1 Å². The van der Waals surface area contributed by atoms with Gasteiger partial charge in [0.05, 0.1) is 12.1 Å². The van der Waals surface area contributed by atoms with E-state index in [0.29, 0.717) is 36.3 Å². The van der Waals surface area contributed by atoms with Gasteiger partial charge in [0.15, 0.2) is 14.1 Å². The molecule has 178 valence electrons. The molecule has 7 nitrogen and oxygen atoms in total. The number of rotatable bonds is 8. The lowest BCUT2D eigenvalue weighted by Gasteiger charge is -2.36. The molecule has 8 heteroatoms. The van der Waals surface area contributed by atoms with E-state index in [9.17, 15) is 4.79 Å². The van der Waals surface area contributed by atoms with E-state index in [1.165, 1.54) is 0 Å². The number of ether oxygens (including phenoxy) is 1. The van der Waals surface area contributed by atoms with Crippen LogP contribution in [0.1, 0.15) is 58.1 Å². The number of aromatic amines is 1. The van der Waals surface area contributed by atoms with Crippen LogP contribution in [-0.2, 0) is 4.43 Å². The minimum Gasteiger partial charge on any atom is -0.489 e. The smallest absolute Gasteiger partial charge is 0.287 e. The van der Waals surface area contributed by atoms with Crippen LogP contribution in [0.5, 0.6) is 5.75 Å². The first-order valence-corrected chi connectivity index (χ1v) is 14.7. The van der Waals surface area contributed by atoms with Gasteiger partial charge in [-0.3, -0.25) is 4.79 Å². The molecule has 0 spiro atoms. The number of amides is 1. The zero-order valence-electron chi connectivity index (χ0n) is 20.7. The van der Waals surface area contributed by atoms with E-state index in [4.69, 9.17) is 9.16 Å². The average molecular weight is 461 g/mol. The SMILES string of the molecule is CC(C)N1CCC(NC(=O)c2nc3c(OCCO[Si](C)(C)C(C)(C)C)cccc3[nH]2)CC1. The Morgan fingerprint density at radius 2 is 1.94 bits per heavy atom. The molecule has 1 aliphatic rings. The fourth-order valence-electron chi connectivity index (χ4n) is 3.71. The van der Waals surface area contributed by atoms with Gasteiger partial charge in [0.25, 0.3) is 5.91 Å². The highest BCUT2D eigenvalue weighted by atomic mass is 28.4. The molecule has 0 bridgehead atoms. The largest absolute Gasteiger partial charge is 0.489 e.